The lowest BCUT2D eigenvalue weighted by molar-refractivity contribution is -0.118. The van der Waals surface area contributed by atoms with Gasteiger partial charge in [0.2, 0.25) is 5.91 Å². The van der Waals surface area contributed by atoms with Crippen LogP contribution in [0.5, 0.6) is 0 Å². The SMILES string of the molecule is CCCCNC(=O)CSc1nc(N)c2c(C)c(C)sc2n1. The first-order chi connectivity index (χ1) is 10.0. The molecule has 2 rings (SSSR count). The van der Waals surface area contributed by atoms with E-state index in [1.165, 1.54) is 16.6 Å². The Bertz CT molecular complexity index is 654. The normalized spacial score (nSPS) is 11.0. The molecule has 7 heteroatoms. The monoisotopic (exact) mass is 324 g/mol. The number of nitrogen functional groups attached to an aromatic ring is 1. The summed E-state index contributed by atoms with van der Waals surface area (Å²) in [5.41, 5.74) is 7.16. The van der Waals surface area contributed by atoms with Crippen LogP contribution in [0.25, 0.3) is 10.2 Å². The number of hydrogen-bond acceptors (Lipinski definition) is 6. The molecule has 2 heterocycles. The van der Waals surface area contributed by atoms with Gasteiger partial charge in [-0.2, -0.15) is 0 Å². The number of thiophene rings is 1. The number of hydrogen-bond donors (Lipinski definition) is 2. The lowest BCUT2D eigenvalue weighted by Gasteiger charge is -2.04. The molecular weight excluding hydrogens is 304 g/mol. The van der Waals surface area contributed by atoms with Crippen molar-refractivity contribution in [3.8, 4) is 0 Å². The number of carbonyl (C=O) groups is 1. The van der Waals surface area contributed by atoms with E-state index in [0.29, 0.717) is 16.7 Å². The summed E-state index contributed by atoms with van der Waals surface area (Å²) in [6.07, 6.45) is 2.07. The lowest BCUT2D eigenvalue weighted by atomic mass is 10.2. The Morgan fingerprint density at radius 3 is 2.86 bits per heavy atom. The fourth-order valence-electron chi connectivity index (χ4n) is 1.91. The maximum Gasteiger partial charge on any atom is 0.230 e. The summed E-state index contributed by atoms with van der Waals surface area (Å²) in [5.74, 6) is 0.822. The van der Waals surface area contributed by atoms with Crippen LogP contribution in [0, 0.1) is 13.8 Å². The number of amides is 1. The maximum atomic E-state index is 11.7. The van der Waals surface area contributed by atoms with E-state index in [4.69, 9.17) is 5.73 Å². The third-order valence-corrected chi connectivity index (χ3v) is 5.17. The fraction of sp³-hybridized carbons (Fsp3) is 0.500. The predicted molar refractivity (Wildman–Crippen MR) is 89.9 cm³/mol. The quantitative estimate of drug-likeness (QED) is 0.485. The third kappa shape index (κ3) is 3.85. The molecule has 2 aromatic rings. The molecule has 0 fully saturated rings. The second kappa shape index (κ2) is 7.09. The number of anilines is 1. The second-order valence-corrected chi connectivity index (χ2v) is 6.99. The molecule has 0 spiro atoms. The number of aryl methyl sites for hydroxylation is 2. The highest BCUT2D eigenvalue weighted by Gasteiger charge is 2.13. The molecule has 21 heavy (non-hydrogen) atoms. The molecular formula is C14H20N4OS2. The van der Waals surface area contributed by atoms with Gasteiger partial charge in [0.15, 0.2) is 5.16 Å². The minimum atomic E-state index is 0.00857. The molecule has 0 saturated heterocycles. The highest BCUT2D eigenvalue weighted by atomic mass is 32.2. The third-order valence-electron chi connectivity index (χ3n) is 3.22. The van der Waals surface area contributed by atoms with Crippen molar-refractivity contribution < 1.29 is 4.79 Å². The largest absolute Gasteiger partial charge is 0.383 e. The summed E-state index contributed by atoms with van der Waals surface area (Å²) in [5, 5.41) is 4.38. The average Bonchev–Trinajstić information content (AvgIpc) is 2.72. The molecule has 0 atom stereocenters. The standard InChI is InChI=1S/C14H20N4OS2/c1-4-5-6-16-10(19)7-20-14-17-12(15)11-8(2)9(3)21-13(11)18-14/h4-7H2,1-3H3,(H,16,19)(H2,15,17,18). The van der Waals surface area contributed by atoms with Gasteiger partial charge in [0.25, 0.3) is 0 Å². The molecule has 0 aromatic carbocycles. The Kier molecular flexibility index (Phi) is 5.41. The van der Waals surface area contributed by atoms with E-state index in [-0.39, 0.29) is 5.91 Å². The predicted octanol–water partition coefficient (Wildman–Crippen LogP) is 2.90. The van der Waals surface area contributed by atoms with Gasteiger partial charge in [-0.05, 0) is 25.8 Å². The minimum absolute atomic E-state index is 0.00857. The van der Waals surface area contributed by atoms with Crippen LogP contribution in [0.4, 0.5) is 5.82 Å². The molecule has 0 saturated carbocycles. The van der Waals surface area contributed by atoms with Gasteiger partial charge in [-0.3, -0.25) is 4.79 Å². The van der Waals surface area contributed by atoms with Crippen LogP contribution in [0.2, 0.25) is 0 Å². The summed E-state index contributed by atoms with van der Waals surface area (Å²) >= 11 is 2.94. The van der Waals surface area contributed by atoms with Gasteiger partial charge >= 0.3 is 0 Å². The molecule has 0 radical (unpaired) electrons. The van der Waals surface area contributed by atoms with Crippen molar-refractivity contribution >= 4 is 45.0 Å². The van der Waals surface area contributed by atoms with E-state index in [0.717, 1.165) is 35.2 Å². The van der Waals surface area contributed by atoms with Crippen molar-refractivity contribution in [2.24, 2.45) is 0 Å². The van der Waals surface area contributed by atoms with E-state index < -0.39 is 0 Å². The van der Waals surface area contributed by atoms with E-state index in [2.05, 4.69) is 29.1 Å². The Hall–Kier alpha value is -1.34. The molecule has 0 bridgehead atoms. The van der Waals surface area contributed by atoms with Crippen LogP contribution < -0.4 is 11.1 Å². The van der Waals surface area contributed by atoms with Crippen LogP contribution in [-0.4, -0.2) is 28.2 Å². The number of nitrogens with zero attached hydrogens (tertiary/aromatic N) is 2. The number of nitrogens with two attached hydrogens (primary N) is 1. The highest BCUT2D eigenvalue weighted by molar-refractivity contribution is 7.99. The van der Waals surface area contributed by atoms with Crippen molar-refractivity contribution in [1.29, 1.82) is 0 Å². The number of aromatic nitrogens is 2. The van der Waals surface area contributed by atoms with Crippen molar-refractivity contribution in [3.63, 3.8) is 0 Å². The zero-order chi connectivity index (χ0) is 15.4. The number of nitrogens with one attached hydrogen (secondary N) is 1. The molecule has 0 aliphatic heterocycles. The Morgan fingerprint density at radius 1 is 1.38 bits per heavy atom. The zero-order valence-electron chi connectivity index (χ0n) is 12.5. The number of thioether (sulfide) groups is 1. The number of carbonyl (C=O) groups excluding carboxylic acids is 1. The topological polar surface area (TPSA) is 80.9 Å². The van der Waals surface area contributed by atoms with Gasteiger partial charge < -0.3 is 11.1 Å². The fourth-order valence-corrected chi connectivity index (χ4v) is 3.69. The van der Waals surface area contributed by atoms with E-state index in [1.54, 1.807) is 11.3 Å². The first-order valence-corrected chi connectivity index (χ1v) is 8.75. The summed E-state index contributed by atoms with van der Waals surface area (Å²) in [7, 11) is 0. The molecule has 2 aromatic heterocycles. The van der Waals surface area contributed by atoms with Gasteiger partial charge in [-0.15, -0.1) is 11.3 Å². The average molecular weight is 324 g/mol. The molecule has 3 N–H and O–H groups in total. The Labute approximate surface area is 132 Å². The number of rotatable bonds is 6. The van der Waals surface area contributed by atoms with Crippen LogP contribution in [0.3, 0.4) is 0 Å². The minimum Gasteiger partial charge on any atom is -0.383 e. The molecule has 114 valence electrons. The van der Waals surface area contributed by atoms with Crippen molar-refractivity contribution in [2.75, 3.05) is 18.0 Å². The van der Waals surface area contributed by atoms with Crippen molar-refractivity contribution in [2.45, 2.75) is 38.8 Å². The van der Waals surface area contributed by atoms with Gasteiger partial charge in [-0.1, -0.05) is 25.1 Å². The first kappa shape index (κ1) is 16.0. The van der Waals surface area contributed by atoms with Crippen molar-refractivity contribution in [1.82, 2.24) is 15.3 Å². The van der Waals surface area contributed by atoms with Crippen LogP contribution in [-0.2, 0) is 4.79 Å². The Balaban J connectivity index is 2.04. The zero-order valence-corrected chi connectivity index (χ0v) is 14.2. The summed E-state index contributed by atoms with van der Waals surface area (Å²) in [4.78, 5) is 22.6. The van der Waals surface area contributed by atoms with E-state index in [1.807, 2.05) is 6.92 Å². The number of unbranched alkanes of at least 4 members (excludes halogenated alkanes) is 1. The van der Waals surface area contributed by atoms with Crippen LogP contribution in [0.15, 0.2) is 5.16 Å². The smallest absolute Gasteiger partial charge is 0.230 e. The highest BCUT2D eigenvalue weighted by Crippen LogP contribution is 2.33. The summed E-state index contributed by atoms with van der Waals surface area (Å²) in [6, 6.07) is 0. The summed E-state index contributed by atoms with van der Waals surface area (Å²) < 4.78 is 0. The van der Waals surface area contributed by atoms with E-state index >= 15 is 0 Å². The molecule has 1 amide bonds. The van der Waals surface area contributed by atoms with Gasteiger partial charge in [0, 0.05) is 11.4 Å². The van der Waals surface area contributed by atoms with Crippen molar-refractivity contribution in [3.05, 3.63) is 10.4 Å². The summed E-state index contributed by atoms with van der Waals surface area (Å²) in [6.45, 7) is 6.90. The molecule has 0 aliphatic carbocycles. The van der Waals surface area contributed by atoms with Gasteiger partial charge in [0.1, 0.15) is 10.6 Å². The van der Waals surface area contributed by atoms with Crippen LogP contribution >= 0.6 is 23.1 Å². The first-order valence-electron chi connectivity index (χ1n) is 6.95. The van der Waals surface area contributed by atoms with Gasteiger partial charge in [-0.25, -0.2) is 9.97 Å². The molecule has 5 nitrogen and oxygen atoms in total. The maximum absolute atomic E-state index is 11.7. The molecule has 0 aliphatic rings. The van der Waals surface area contributed by atoms with Gasteiger partial charge in [0.05, 0.1) is 11.1 Å². The second-order valence-electron chi connectivity index (χ2n) is 4.85. The van der Waals surface area contributed by atoms with Crippen LogP contribution in [0.1, 0.15) is 30.2 Å². The Morgan fingerprint density at radius 2 is 2.14 bits per heavy atom. The lowest BCUT2D eigenvalue weighted by Crippen LogP contribution is -2.26. The van der Waals surface area contributed by atoms with E-state index in [9.17, 15) is 4.79 Å². The number of fused-ring (bicyclic) bond motifs is 1. The molecule has 0 unspecified atom stereocenters.